The second-order valence-electron chi connectivity index (χ2n) is 10.6. The third kappa shape index (κ3) is 3.66. The van der Waals surface area contributed by atoms with Gasteiger partial charge in [0.25, 0.3) is 0 Å². The van der Waals surface area contributed by atoms with Crippen molar-refractivity contribution in [2.75, 3.05) is 19.6 Å². The van der Waals surface area contributed by atoms with Crippen LogP contribution in [0.5, 0.6) is 0 Å². The number of benzene rings is 1. The van der Waals surface area contributed by atoms with Gasteiger partial charge in [0.1, 0.15) is 0 Å². The van der Waals surface area contributed by atoms with Crippen LogP contribution in [-0.2, 0) is 18.5 Å². The zero-order chi connectivity index (χ0) is 19.4. The topological polar surface area (TPSA) is 32.5 Å². The Morgan fingerprint density at radius 2 is 1.74 bits per heavy atom. The molecule has 0 N–H and O–H groups in total. The van der Waals surface area contributed by atoms with Gasteiger partial charge >= 0.3 is 0 Å². The van der Waals surface area contributed by atoms with E-state index < -0.39 is 0 Å². The maximum atomic E-state index is 5.82. The summed E-state index contributed by atoms with van der Waals surface area (Å²) in [6.45, 7) is 19.3. The van der Waals surface area contributed by atoms with Crippen LogP contribution in [0.4, 0.5) is 0 Å². The van der Waals surface area contributed by atoms with Gasteiger partial charge in [0, 0.05) is 41.5 Å². The van der Waals surface area contributed by atoms with Crippen molar-refractivity contribution in [3.8, 4) is 0 Å². The number of likely N-dealkylation sites (tertiary alicyclic amines) is 1. The van der Waals surface area contributed by atoms with Crippen LogP contribution >= 0.6 is 0 Å². The Balaban J connectivity index is 1.44. The molecule has 1 saturated heterocycles. The zero-order valence-electron chi connectivity index (χ0n) is 17.9. The van der Waals surface area contributed by atoms with Crippen LogP contribution in [0.3, 0.4) is 0 Å². The molecule has 4 rings (SSSR count). The van der Waals surface area contributed by atoms with E-state index >= 15 is 0 Å². The molecule has 4 nitrogen and oxygen atoms in total. The van der Waals surface area contributed by atoms with Crippen LogP contribution in [0.1, 0.15) is 71.2 Å². The third-order valence-electron chi connectivity index (χ3n) is 6.41. The molecular formula is C23H35N3O. The second kappa shape index (κ2) is 6.59. The average molecular weight is 370 g/mol. The van der Waals surface area contributed by atoms with Gasteiger partial charge in [-0.05, 0) is 64.3 Å². The van der Waals surface area contributed by atoms with Crippen molar-refractivity contribution >= 4 is 11.0 Å². The average Bonchev–Trinajstić information content (AvgIpc) is 3.16. The molecule has 0 spiro atoms. The van der Waals surface area contributed by atoms with E-state index in [1.54, 1.807) is 0 Å². The van der Waals surface area contributed by atoms with E-state index in [9.17, 15) is 0 Å². The molecule has 2 aliphatic heterocycles. The van der Waals surface area contributed by atoms with Crippen LogP contribution < -0.4 is 0 Å². The van der Waals surface area contributed by atoms with Crippen LogP contribution in [0, 0.1) is 5.92 Å². The predicted molar refractivity (Wildman–Crippen MR) is 111 cm³/mol. The maximum absolute atomic E-state index is 5.82. The van der Waals surface area contributed by atoms with Gasteiger partial charge in [-0.25, -0.2) is 0 Å². The summed E-state index contributed by atoms with van der Waals surface area (Å²) in [5, 5.41) is 5.61. The smallest absolute Gasteiger partial charge is 0.171 e. The predicted octanol–water partition coefficient (Wildman–Crippen LogP) is 4.95. The van der Waals surface area contributed by atoms with Crippen molar-refractivity contribution in [3.05, 3.63) is 29.0 Å². The lowest BCUT2D eigenvalue weighted by Gasteiger charge is -2.41. The zero-order valence-corrected chi connectivity index (χ0v) is 17.9. The van der Waals surface area contributed by atoms with Crippen molar-refractivity contribution < 1.29 is 4.52 Å². The lowest BCUT2D eigenvalue weighted by molar-refractivity contribution is 0.0740. The third-order valence-corrected chi connectivity index (χ3v) is 6.41. The molecule has 0 radical (unpaired) electrons. The largest absolute Gasteiger partial charge is 0.356 e. The molecular weight excluding hydrogens is 334 g/mol. The number of rotatable bonds is 2. The minimum Gasteiger partial charge on any atom is -0.356 e. The Morgan fingerprint density at radius 1 is 1.04 bits per heavy atom. The van der Waals surface area contributed by atoms with Crippen molar-refractivity contribution in [2.24, 2.45) is 5.92 Å². The Kier molecular flexibility index (Phi) is 4.63. The van der Waals surface area contributed by atoms with Crippen molar-refractivity contribution in [3.63, 3.8) is 0 Å². The highest BCUT2D eigenvalue weighted by Gasteiger charge is 2.31. The molecule has 0 aliphatic carbocycles. The Labute approximate surface area is 163 Å². The van der Waals surface area contributed by atoms with E-state index in [1.165, 1.54) is 49.0 Å². The van der Waals surface area contributed by atoms with E-state index in [0.717, 1.165) is 30.3 Å². The molecule has 3 heterocycles. The monoisotopic (exact) mass is 369 g/mol. The summed E-state index contributed by atoms with van der Waals surface area (Å²) >= 11 is 0. The highest BCUT2D eigenvalue weighted by atomic mass is 16.5. The van der Waals surface area contributed by atoms with Gasteiger partial charge in [-0.2, -0.15) is 0 Å². The summed E-state index contributed by atoms with van der Waals surface area (Å²) in [6, 6.07) is 4.52. The summed E-state index contributed by atoms with van der Waals surface area (Å²) in [5.41, 5.74) is 5.20. The molecule has 2 aromatic rings. The molecule has 1 aromatic heterocycles. The molecule has 148 valence electrons. The van der Waals surface area contributed by atoms with Gasteiger partial charge in [0.15, 0.2) is 5.58 Å². The van der Waals surface area contributed by atoms with Crippen molar-refractivity contribution in [1.29, 1.82) is 0 Å². The van der Waals surface area contributed by atoms with Crippen molar-refractivity contribution in [1.82, 2.24) is 15.0 Å². The van der Waals surface area contributed by atoms with E-state index in [2.05, 4.69) is 68.6 Å². The van der Waals surface area contributed by atoms with Gasteiger partial charge in [-0.3, -0.25) is 9.80 Å². The SMILES string of the molecule is CC(C)(C)c1noc2c3c(ccc12)CN(CC1CCN(C(C)(C)C)CC1)C3. The van der Waals surface area contributed by atoms with E-state index in [4.69, 9.17) is 4.52 Å². The first-order valence-electron chi connectivity index (χ1n) is 10.5. The van der Waals surface area contributed by atoms with Gasteiger partial charge in [0.05, 0.1) is 5.69 Å². The molecule has 1 aromatic carbocycles. The molecule has 27 heavy (non-hydrogen) atoms. The highest BCUT2D eigenvalue weighted by molar-refractivity contribution is 5.84. The standard InChI is InChI=1S/C23H35N3O/c1-22(2,3)21-18-8-7-17-14-25(15-19(17)20(18)27-24-21)13-16-9-11-26(12-10-16)23(4,5)6/h7-8,16H,9-15H2,1-6H3. The van der Waals surface area contributed by atoms with Gasteiger partial charge < -0.3 is 4.52 Å². The Bertz CT molecular complexity index is 816. The normalized spacial score (nSPS) is 20.5. The summed E-state index contributed by atoms with van der Waals surface area (Å²) in [5.74, 6) is 0.813. The minimum atomic E-state index is 0.0127. The number of fused-ring (bicyclic) bond motifs is 3. The molecule has 0 unspecified atom stereocenters. The second-order valence-corrected chi connectivity index (χ2v) is 10.6. The van der Waals surface area contributed by atoms with Crippen LogP contribution in [-0.4, -0.2) is 40.1 Å². The quantitative estimate of drug-likeness (QED) is 0.750. The number of nitrogens with zero attached hydrogens (tertiary/aromatic N) is 3. The van der Waals surface area contributed by atoms with Gasteiger partial charge in [0.2, 0.25) is 0 Å². The Hall–Kier alpha value is -1.39. The fourth-order valence-electron chi connectivity index (χ4n) is 4.76. The molecule has 2 aliphatic rings. The number of aromatic nitrogens is 1. The Morgan fingerprint density at radius 3 is 2.37 bits per heavy atom. The van der Waals surface area contributed by atoms with Gasteiger partial charge in [-0.15, -0.1) is 0 Å². The molecule has 0 bridgehead atoms. The fraction of sp³-hybridized carbons (Fsp3) is 0.696. The summed E-state index contributed by atoms with van der Waals surface area (Å²) < 4.78 is 5.82. The lowest BCUT2D eigenvalue weighted by atomic mass is 9.89. The van der Waals surface area contributed by atoms with E-state index in [1.807, 2.05) is 0 Å². The molecule has 1 fully saturated rings. The highest BCUT2D eigenvalue weighted by Crippen LogP contribution is 2.36. The first-order valence-corrected chi connectivity index (χ1v) is 10.5. The molecule has 0 saturated carbocycles. The molecule has 4 heteroatoms. The molecule has 0 amide bonds. The first-order chi connectivity index (χ1) is 12.6. The van der Waals surface area contributed by atoms with E-state index in [-0.39, 0.29) is 5.41 Å². The van der Waals surface area contributed by atoms with Crippen LogP contribution in [0.25, 0.3) is 11.0 Å². The van der Waals surface area contributed by atoms with Crippen LogP contribution in [0.15, 0.2) is 16.7 Å². The van der Waals surface area contributed by atoms with Gasteiger partial charge in [-0.1, -0.05) is 32.0 Å². The number of piperidine rings is 1. The van der Waals surface area contributed by atoms with Crippen LogP contribution in [0.2, 0.25) is 0 Å². The van der Waals surface area contributed by atoms with Crippen molar-refractivity contribution in [2.45, 2.75) is 78.4 Å². The number of hydrogen-bond donors (Lipinski definition) is 0. The summed E-state index contributed by atoms with van der Waals surface area (Å²) in [7, 11) is 0. The van der Waals surface area contributed by atoms with E-state index in [0.29, 0.717) is 5.54 Å². The fourth-order valence-corrected chi connectivity index (χ4v) is 4.76. The lowest BCUT2D eigenvalue weighted by Crippen LogP contribution is -2.47. The number of hydrogen-bond acceptors (Lipinski definition) is 4. The summed E-state index contributed by atoms with van der Waals surface area (Å²) in [6.07, 6.45) is 2.63. The molecule has 0 atom stereocenters. The minimum absolute atomic E-state index is 0.0127. The maximum Gasteiger partial charge on any atom is 0.171 e. The summed E-state index contributed by atoms with van der Waals surface area (Å²) in [4.78, 5) is 5.25. The first kappa shape index (κ1) is 18.9.